The number of amides is 3. The summed E-state index contributed by atoms with van der Waals surface area (Å²) in [7, 11) is 0. The molecule has 1 aromatic carbocycles. The molecular formula is C35H53ClN4O10. The fourth-order valence-corrected chi connectivity index (χ4v) is 5.40. The highest BCUT2D eigenvalue weighted by Gasteiger charge is 2.39. The van der Waals surface area contributed by atoms with Crippen molar-refractivity contribution in [1.29, 1.82) is 0 Å². The summed E-state index contributed by atoms with van der Waals surface area (Å²) >= 11 is 6.06. The normalized spacial score (nSPS) is 16.4. The molecule has 1 saturated heterocycles. The summed E-state index contributed by atoms with van der Waals surface area (Å²) in [5, 5.41) is 20.1. The molecule has 280 valence electrons. The molecule has 0 aliphatic carbocycles. The van der Waals surface area contributed by atoms with Crippen molar-refractivity contribution >= 4 is 29.5 Å². The van der Waals surface area contributed by atoms with E-state index in [1.54, 1.807) is 37.3 Å². The topological polar surface area (TPSA) is 171 Å². The van der Waals surface area contributed by atoms with E-state index in [0.29, 0.717) is 61.7 Å². The van der Waals surface area contributed by atoms with Crippen molar-refractivity contribution in [3.8, 4) is 0 Å². The summed E-state index contributed by atoms with van der Waals surface area (Å²) in [5.41, 5.74) is 1.27. The Balaban J connectivity index is 1.30. The Bertz CT molecular complexity index is 1260. The first-order chi connectivity index (χ1) is 24.3. The maximum atomic E-state index is 13.4. The van der Waals surface area contributed by atoms with Gasteiger partial charge in [0.2, 0.25) is 11.8 Å². The highest BCUT2D eigenvalue weighted by atomic mass is 35.5. The third kappa shape index (κ3) is 16.2. The van der Waals surface area contributed by atoms with Crippen LogP contribution in [0.3, 0.4) is 0 Å². The molecule has 3 rings (SSSR count). The van der Waals surface area contributed by atoms with Crippen LogP contribution in [-0.2, 0) is 39.7 Å². The van der Waals surface area contributed by atoms with Crippen molar-refractivity contribution in [3.63, 3.8) is 0 Å². The Morgan fingerprint density at radius 3 is 2.24 bits per heavy atom. The Hall–Kier alpha value is -3.27. The van der Waals surface area contributed by atoms with E-state index in [0.717, 1.165) is 13.0 Å². The average Bonchev–Trinajstić information content (AvgIpc) is 3.70. The number of aliphatic hydroxyl groups excluding tert-OH is 1. The highest BCUT2D eigenvalue weighted by Crippen LogP contribution is 2.23. The van der Waals surface area contributed by atoms with E-state index in [2.05, 4.69) is 22.7 Å². The fourth-order valence-electron chi connectivity index (χ4n) is 5.28. The Kier molecular flexibility index (Phi) is 19.8. The molecule has 2 aromatic rings. The summed E-state index contributed by atoms with van der Waals surface area (Å²) < 4.78 is 32.6. The first-order valence-corrected chi connectivity index (χ1v) is 17.8. The number of ether oxygens (including phenoxy) is 5. The lowest BCUT2D eigenvalue weighted by atomic mass is 10.1. The zero-order chi connectivity index (χ0) is 36.0. The molecule has 1 fully saturated rings. The minimum Gasteiger partial charge on any atom is -0.447 e. The van der Waals surface area contributed by atoms with Gasteiger partial charge in [-0.25, -0.2) is 4.79 Å². The van der Waals surface area contributed by atoms with Crippen LogP contribution in [0.15, 0.2) is 34.9 Å². The van der Waals surface area contributed by atoms with Crippen molar-refractivity contribution in [2.45, 2.75) is 77.0 Å². The van der Waals surface area contributed by atoms with Gasteiger partial charge in [-0.3, -0.25) is 9.59 Å². The van der Waals surface area contributed by atoms with Gasteiger partial charge in [-0.2, -0.15) is 0 Å². The summed E-state index contributed by atoms with van der Waals surface area (Å²) in [6.45, 7) is 7.81. The van der Waals surface area contributed by atoms with Crippen LogP contribution in [-0.4, -0.2) is 118 Å². The van der Waals surface area contributed by atoms with Crippen LogP contribution in [0.1, 0.15) is 68.5 Å². The van der Waals surface area contributed by atoms with Crippen molar-refractivity contribution in [3.05, 3.63) is 52.4 Å². The maximum Gasteiger partial charge on any atom is 0.407 e. The minimum absolute atomic E-state index is 0.00635. The number of β-amino-alcohol motifs (C(OH)–C–C–N with tert-alkyl or cyclic N) is 1. The van der Waals surface area contributed by atoms with E-state index in [4.69, 9.17) is 39.8 Å². The number of aromatic nitrogens is 1. The molecule has 3 N–H and O–H groups in total. The second-order valence-electron chi connectivity index (χ2n) is 12.1. The van der Waals surface area contributed by atoms with Gasteiger partial charge in [0.1, 0.15) is 18.4 Å². The van der Waals surface area contributed by atoms with Gasteiger partial charge in [-0.05, 0) is 31.0 Å². The predicted molar refractivity (Wildman–Crippen MR) is 185 cm³/mol. The van der Waals surface area contributed by atoms with Crippen molar-refractivity contribution in [2.24, 2.45) is 0 Å². The van der Waals surface area contributed by atoms with E-state index in [1.807, 2.05) is 0 Å². The second kappa shape index (κ2) is 24.0. The number of aryl methyl sites for hydroxylation is 1. The monoisotopic (exact) mass is 724 g/mol. The van der Waals surface area contributed by atoms with Gasteiger partial charge in [0.05, 0.1) is 70.5 Å². The molecule has 1 aromatic heterocycles. The van der Waals surface area contributed by atoms with E-state index < -0.39 is 30.2 Å². The number of likely N-dealkylation sites (tertiary alicyclic amines) is 1. The van der Waals surface area contributed by atoms with Gasteiger partial charge < -0.3 is 48.8 Å². The van der Waals surface area contributed by atoms with Crippen LogP contribution >= 0.6 is 11.6 Å². The summed E-state index contributed by atoms with van der Waals surface area (Å²) in [4.78, 5) is 40.2. The minimum atomic E-state index is -0.923. The van der Waals surface area contributed by atoms with Crippen LogP contribution in [0.4, 0.5) is 4.79 Å². The Labute approximate surface area is 299 Å². The van der Waals surface area contributed by atoms with Crippen LogP contribution in [0.25, 0.3) is 0 Å². The highest BCUT2D eigenvalue weighted by molar-refractivity contribution is 6.30. The molecule has 14 nitrogen and oxygen atoms in total. The lowest BCUT2D eigenvalue weighted by Gasteiger charge is -2.26. The molecule has 1 aliphatic rings. The van der Waals surface area contributed by atoms with Crippen molar-refractivity contribution in [2.75, 3.05) is 72.6 Å². The van der Waals surface area contributed by atoms with Gasteiger partial charge in [0.25, 0.3) is 0 Å². The molecule has 3 amide bonds. The average molecular weight is 725 g/mol. The van der Waals surface area contributed by atoms with E-state index >= 15 is 0 Å². The van der Waals surface area contributed by atoms with E-state index in [1.165, 1.54) is 30.6 Å². The Morgan fingerprint density at radius 1 is 0.960 bits per heavy atom. The molecule has 2 heterocycles. The number of halogens is 1. The molecule has 3 atom stereocenters. The third-order valence-corrected chi connectivity index (χ3v) is 8.15. The first kappa shape index (κ1) is 41.2. The summed E-state index contributed by atoms with van der Waals surface area (Å²) in [5.74, 6) is -0.502. The number of unbranched alkanes of at least 4 members (excludes halogenated alkanes) is 4. The molecular weight excluding hydrogens is 672 g/mol. The molecule has 0 spiro atoms. The fraction of sp³-hybridized carbons (Fsp3) is 0.657. The van der Waals surface area contributed by atoms with Gasteiger partial charge in [-0.15, -0.1) is 0 Å². The maximum absolute atomic E-state index is 13.4. The Morgan fingerprint density at radius 2 is 1.60 bits per heavy atom. The second-order valence-corrected chi connectivity index (χ2v) is 12.5. The van der Waals surface area contributed by atoms with Gasteiger partial charge in [0.15, 0.2) is 0 Å². The summed E-state index contributed by atoms with van der Waals surface area (Å²) in [6, 6.07) is 6.71. The number of nitrogens with one attached hydrogen (secondary N) is 2. The quantitative estimate of drug-likeness (QED) is 0.127. The number of hydrogen-bond donors (Lipinski definition) is 3. The van der Waals surface area contributed by atoms with Crippen LogP contribution in [0.2, 0.25) is 5.02 Å². The number of hydrogen-bond acceptors (Lipinski definition) is 11. The molecule has 0 radical (unpaired) electrons. The molecule has 0 bridgehead atoms. The van der Waals surface area contributed by atoms with Crippen LogP contribution < -0.4 is 10.6 Å². The number of nitrogens with zero attached hydrogens (tertiary/aromatic N) is 2. The smallest absolute Gasteiger partial charge is 0.407 e. The number of rotatable bonds is 25. The standard InChI is InChI=1S/C35H53ClN4O10/c1-3-4-5-6-7-13-45-15-17-47-19-20-48-18-16-46-14-12-37-35(44)49-25-31(27-8-10-28(36)11-9-27)38-34(43)32-22-29(41)24-40(32)33(42)23-30-21-26(2)39-50-30/h8-11,21,29,31-32,41H,3-7,12-20,22-25H2,1-2H3,(H,37,44)(H,38,43)/t29-,31+,32+/m1/s1. The SMILES string of the molecule is CCCCCCCOCCOCCOCCOCCNC(=O)OC[C@H](NC(=O)[C@@H]1C[C@@H](O)CN1C(=O)Cc1cc(C)no1)c1ccc(Cl)cc1. The molecule has 50 heavy (non-hydrogen) atoms. The molecule has 0 saturated carbocycles. The zero-order valence-electron chi connectivity index (χ0n) is 29.2. The zero-order valence-corrected chi connectivity index (χ0v) is 30.0. The molecule has 0 unspecified atom stereocenters. The third-order valence-electron chi connectivity index (χ3n) is 7.90. The first-order valence-electron chi connectivity index (χ1n) is 17.4. The van der Waals surface area contributed by atoms with Gasteiger partial charge in [0, 0.05) is 37.2 Å². The number of carbonyl (C=O) groups excluding carboxylic acids is 3. The number of benzene rings is 1. The lowest BCUT2D eigenvalue weighted by Crippen LogP contribution is -2.48. The van der Waals surface area contributed by atoms with Crippen LogP contribution in [0.5, 0.6) is 0 Å². The van der Waals surface area contributed by atoms with Gasteiger partial charge in [-0.1, -0.05) is 61.5 Å². The van der Waals surface area contributed by atoms with Crippen molar-refractivity contribution in [1.82, 2.24) is 20.7 Å². The van der Waals surface area contributed by atoms with E-state index in [-0.39, 0.29) is 45.1 Å². The number of alkyl carbamates (subject to hydrolysis) is 1. The number of aliphatic hydroxyl groups is 1. The predicted octanol–water partition coefficient (Wildman–Crippen LogP) is 3.76. The summed E-state index contributed by atoms with van der Waals surface area (Å²) in [6.07, 6.45) is 4.51. The number of carbonyl (C=O) groups is 3. The van der Waals surface area contributed by atoms with Crippen LogP contribution in [0, 0.1) is 6.92 Å². The molecule has 1 aliphatic heterocycles. The largest absolute Gasteiger partial charge is 0.447 e. The lowest BCUT2D eigenvalue weighted by molar-refractivity contribution is -0.138. The van der Waals surface area contributed by atoms with E-state index in [9.17, 15) is 19.5 Å². The van der Waals surface area contributed by atoms with Gasteiger partial charge >= 0.3 is 6.09 Å². The molecule has 15 heteroatoms. The van der Waals surface area contributed by atoms with Crippen molar-refractivity contribution < 1.29 is 47.7 Å².